The molecule has 7 heteroatoms. The number of carbonyl (C=O) groups excluding carboxylic acids is 1. The summed E-state index contributed by atoms with van der Waals surface area (Å²) in [6.07, 6.45) is 1.45. The Morgan fingerprint density at radius 1 is 1.43 bits per heavy atom. The Morgan fingerprint density at radius 2 is 2.10 bits per heavy atom. The number of amides is 1. The van der Waals surface area contributed by atoms with Crippen molar-refractivity contribution in [1.29, 1.82) is 0 Å². The molecule has 0 aromatic carbocycles. The molecular formula is C14H20Cl2N2O2S. The van der Waals surface area contributed by atoms with Gasteiger partial charge in [0.2, 0.25) is 0 Å². The molecule has 1 aliphatic rings. The number of hydrogen-bond acceptors (Lipinski definition) is 4. The lowest BCUT2D eigenvalue weighted by Gasteiger charge is -2.35. The van der Waals surface area contributed by atoms with E-state index in [1.807, 2.05) is 0 Å². The zero-order valence-corrected chi connectivity index (χ0v) is 14.5. The minimum atomic E-state index is -0.160. The molecule has 2 atom stereocenters. The first-order valence-electron chi connectivity index (χ1n) is 7.06. The highest BCUT2D eigenvalue weighted by Crippen LogP contribution is 2.30. The van der Waals surface area contributed by atoms with Crippen LogP contribution in [-0.4, -0.2) is 49.2 Å². The van der Waals surface area contributed by atoms with E-state index in [-0.39, 0.29) is 18.1 Å². The normalized spacial score (nSPS) is 23.2. The monoisotopic (exact) mass is 350 g/mol. The second-order valence-electron chi connectivity index (χ2n) is 5.36. The van der Waals surface area contributed by atoms with E-state index in [1.54, 1.807) is 6.07 Å². The standard InChI is InChI=1S/C14H20Cl2N2O2S/c1-9-7-18(8-10(2)20-9)5-3-4-17-14(19)11-6-12(15)21-13(11)16/h6,9-10H,3-5,7-8H2,1-2H3,(H,17,19). The van der Waals surface area contributed by atoms with Crippen molar-refractivity contribution >= 4 is 40.4 Å². The highest BCUT2D eigenvalue weighted by Gasteiger charge is 2.21. The summed E-state index contributed by atoms with van der Waals surface area (Å²) in [6.45, 7) is 7.66. The second kappa shape index (κ2) is 7.79. The summed E-state index contributed by atoms with van der Waals surface area (Å²) in [5.41, 5.74) is 0.459. The van der Waals surface area contributed by atoms with Gasteiger partial charge in [-0.1, -0.05) is 23.2 Å². The first kappa shape index (κ1) is 17.0. The van der Waals surface area contributed by atoms with Crippen LogP contribution in [0, 0.1) is 0 Å². The van der Waals surface area contributed by atoms with E-state index in [4.69, 9.17) is 27.9 Å². The van der Waals surface area contributed by atoms with Crippen LogP contribution in [0.2, 0.25) is 8.67 Å². The van der Waals surface area contributed by atoms with Gasteiger partial charge < -0.3 is 10.1 Å². The van der Waals surface area contributed by atoms with Gasteiger partial charge in [-0.15, -0.1) is 11.3 Å². The zero-order chi connectivity index (χ0) is 15.4. The summed E-state index contributed by atoms with van der Waals surface area (Å²) in [6, 6.07) is 1.61. The first-order chi connectivity index (χ1) is 9.95. The van der Waals surface area contributed by atoms with E-state index in [1.165, 1.54) is 11.3 Å². The van der Waals surface area contributed by atoms with Gasteiger partial charge in [0.25, 0.3) is 5.91 Å². The van der Waals surface area contributed by atoms with E-state index in [2.05, 4.69) is 24.1 Å². The summed E-state index contributed by atoms with van der Waals surface area (Å²) >= 11 is 13.0. The smallest absolute Gasteiger partial charge is 0.253 e. The van der Waals surface area contributed by atoms with Crippen molar-refractivity contribution in [2.45, 2.75) is 32.5 Å². The van der Waals surface area contributed by atoms with E-state index in [0.717, 1.165) is 26.1 Å². The molecule has 2 rings (SSSR count). The van der Waals surface area contributed by atoms with Gasteiger partial charge in [0, 0.05) is 26.2 Å². The molecule has 0 bridgehead atoms. The average Bonchev–Trinajstić information content (AvgIpc) is 2.72. The highest BCUT2D eigenvalue weighted by molar-refractivity contribution is 7.20. The number of thiophene rings is 1. The summed E-state index contributed by atoms with van der Waals surface area (Å²) in [5.74, 6) is -0.160. The van der Waals surface area contributed by atoms with Crippen LogP contribution in [0.5, 0.6) is 0 Å². The Bertz CT molecular complexity index is 485. The molecule has 0 spiro atoms. The maximum Gasteiger partial charge on any atom is 0.253 e. The number of nitrogens with zero attached hydrogens (tertiary/aromatic N) is 1. The molecule has 2 heterocycles. The van der Waals surface area contributed by atoms with Crippen molar-refractivity contribution in [1.82, 2.24) is 10.2 Å². The molecular weight excluding hydrogens is 331 g/mol. The van der Waals surface area contributed by atoms with Gasteiger partial charge in [-0.2, -0.15) is 0 Å². The lowest BCUT2D eigenvalue weighted by Crippen LogP contribution is -2.46. The third-order valence-corrected chi connectivity index (χ3v) is 4.82. The van der Waals surface area contributed by atoms with Crippen LogP contribution in [0.1, 0.15) is 30.6 Å². The number of rotatable bonds is 5. The van der Waals surface area contributed by atoms with Crippen molar-refractivity contribution in [3.63, 3.8) is 0 Å². The predicted octanol–water partition coefficient (Wildman–Crippen LogP) is 3.28. The van der Waals surface area contributed by atoms with Crippen molar-refractivity contribution in [2.75, 3.05) is 26.2 Å². The molecule has 0 saturated carbocycles. The molecule has 1 N–H and O–H groups in total. The van der Waals surface area contributed by atoms with Crippen molar-refractivity contribution in [2.24, 2.45) is 0 Å². The zero-order valence-electron chi connectivity index (χ0n) is 12.2. The van der Waals surface area contributed by atoms with Gasteiger partial charge in [-0.25, -0.2) is 0 Å². The fourth-order valence-electron chi connectivity index (χ4n) is 2.56. The van der Waals surface area contributed by atoms with Crippen molar-refractivity contribution < 1.29 is 9.53 Å². The molecule has 1 aliphatic heterocycles. The Kier molecular flexibility index (Phi) is 6.32. The van der Waals surface area contributed by atoms with Crippen LogP contribution in [-0.2, 0) is 4.74 Å². The van der Waals surface area contributed by atoms with Crippen LogP contribution in [0.3, 0.4) is 0 Å². The number of halogens is 2. The van der Waals surface area contributed by atoms with Crippen LogP contribution in [0.25, 0.3) is 0 Å². The van der Waals surface area contributed by atoms with E-state index in [9.17, 15) is 4.79 Å². The lowest BCUT2D eigenvalue weighted by atomic mass is 10.2. The van der Waals surface area contributed by atoms with Crippen LogP contribution >= 0.6 is 34.5 Å². The second-order valence-corrected chi connectivity index (χ2v) is 7.65. The van der Waals surface area contributed by atoms with Gasteiger partial charge >= 0.3 is 0 Å². The van der Waals surface area contributed by atoms with Crippen molar-refractivity contribution in [3.8, 4) is 0 Å². The number of ether oxygens (including phenoxy) is 1. The third kappa shape index (κ3) is 5.11. The summed E-state index contributed by atoms with van der Waals surface area (Å²) in [5, 5.41) is 2.88. The van der Waals surface area contributed by atoms with E-state index < -0.39 is 0 Å². The predicted molar refractivity (Wildman–Crippen MR) is 87.7 cm³/mol. The molecule has 2 unspecified atom stereocenters. The average molecular weight is 351 g/mol. The van der Waals surface area contributed by atoms with Gasteiger partial charge in [-0.05, 0) is 26.3 Å². The topological polar surface area (TPSA) is 41.6 Å². The SMILES string of the molecule is CC1CN(CCCNC(=O)c2cc(Cl)sc2Cl)CC(C)O1. The minimum absolute atomic E-state index is 0.160. The van der Waals surface area contributed by atoms with Gasteiger partial charge in [0.15, 0.2) is 0 Å². The third-order valence-electron chi connectivity index (χ3n) is 3.33. The fraction of sp³-hybridized carbons (Fsp3) is 0.643. The summed E-state index contributed by atoms with van der Waals surface area (Å²) in [4.78, 5) is 14.3. The lowest BCUT2D eigenvalue weighted by molar-refractivity contribution is -0.0679. The van der Waals surface area contributed by atoms with Gasteiger partial charge in [0.1, 0.15) is 4.34 Å². The van der Waals surface area contributed by atoms with E-state index >= 15 is 0 Å². The molecule has 4 nitrogen and oxygen atoms in total. The number of morpholine rings is 1. The van der Waals surface area contributed by atoms with Crippen molar-refractivity contribution in [3.05, 3.63) is 20.3 Å². The van der Waals surface area contributed by atoms with Gasteiger partial charge in [-0.3, -0.25) is 9.69 Å². The molecule has 1 aromatic heterocycles. The molecule has 1 saturated heterocycles. The molecule has 118 valence electrons. The Hall–Kier alpha value is -0.330. The minimum Gasteiger partial charge on any atom is -0.373 e. The number of hydrogen-bond donors (Lipinski definition) is 1. The maximum absolute atomic E-state index is 12.0. The number of nitrogens with one attached hydrogen (secondary N) is 1. The molecule has 0 radical (unpaired) electrons. The van der Waals surface area contributed by atoms with Gasteiger partial charge in [0.05, 0.1) is 22.1 Å². The van der Waals surface area contributed by atoms with E-state index in [0.29, 0.717) is 20.8 Å². The quantitative estimate of drug-likeness (QED) is 0.828. The largest absolute Gasteiger partial charge is 0.373 e. The van der Waals surface area contributed by atoms with Crippen LogP contribution < -0.4 is 5.32 Å². The summed E-state index contributed by atoms with van der Waals surface area (Å²) < 4.78 is 6.66. The summed E-state index contributed by atoms with van der Waals surface area (Å²) in [7, 11) is 0. The van der Waals surface area contributed by atoms with Crippen LogP contribution in [0.4, 0.5) is 0 Å². The Morgan fingerprint density at radius 3 is 2.67 bits per heavy atom. The fourth-order valence-corrected chi connectivity index (χ4v) is 4.02. The highest BCUT2D eigenvalue weighted by atomic mass is 35.5. The molecule has 21 heavy (non-hydrogen) atoms. The Balaban J connectivity index is 1.70. The number of carbonyl (C=O) groups is 1. The molecule has 1 fully saturated rings. The molecule has 0 aliphatic carbocycles. The Labute approximate surface area is 139 Å². The maximum atomic E-state index is 12.0. The van der Waals surface area contributed by atoms with Crippen LogP contribution in [0.15, 0.2) is 6.07 Å². The molecule has 1 aromatic rings. The molecule has 1 amide bonds. The first-order valence-corrected chi connectivity index (χ1v) is 8.63.